The number of nitrogens with one attached hydrogen (secondary N) is 3. The number of aldehydes is 1. The predicted octanol–water partition coefficient (Wildman–Crippen LogP) is 1.29. The van der Waals surface area contributed by atoms with Gasteiger partial charge < -0.3 is 25.5 Å². The summed E-state index contributed by atoms with van der Waals surface area (Å²) in [5, 5.41) is 8.01. The third-order valence-corrected chi connectivity index (χ3v) is 5.28. The first-order chi connectivity index (χ1) is 14.0. The molecule has 3 rings (SSSR count). The summed E-state index contributed by atoms with van der Waals surface area (Å²) in [6.07, 6.45) is 3.41. The molecule has 0 spiro atoms. The minimum atomic E-state index is -0.773. The lowest BCUT2D eigenvalue weighted by Gasteiger charge is -2.21. The number of rotatable bonds is 10. The molecular weight excluding hydrogens is 374 g/mol. The van der Waals surface area contributed by atoms with Crippen molar-refractivity contribution in [1.29, 1.82) is 0 Å². The van der Waals surface area contributed by atoms with Crippen molar-refractivity contribution in [2.75, 3.05) is 6.54 Å². The summed E-state index contributed by atoms with van der Waals surface area (Å²) in [6.45, 7) is 0.695. The highest BCUT2D eigenvalue weighted by Crippen LogP contribution is 2.33. The second-order valence-electron chi connectivity index (χ2n) is 7.70. The maximum Gasteiger partial charge on any atom is 0.408 e. The van der Waals surface area contributed by atoms with E-state index in [1.165, 1.54) is 0 Å². The van der Waals surface area contributed by atoms with Crippen molar-refractivity contribution in [1.82, 2.24) is 16.0 Å². The molecular formula is C21H27N3O5. The Balaban J connectivity index is 1.52. The van der Waals surface area contributed by atoms with Gasteiger partial charge in [-0.2, -0.15) is 0 Å². The van der Waals surface area contributed by atoms with Crippen molar-refractivity contribution < 1.29 is 23.9 Å². The predicted molar refractivity (Wildman–Crippen MR) is 105 cm³/mol. The summed E-state index contributed by atoms with van der Waals surface area (Å²) >= 11 is 0. The van der Waals surface area contributed by atoms with Crippen LogP contribution in [0.5, 0.6) is 0 Å². The Kier molecular flexibility index (Phi) is 7.21. The number of hydrogen-bond donors (Lipinski definition) is 3. The van der Waals surface area contributed by atoms with Crippen LogP contribution in [0.25, 0.3) is 0 Å². The van der Waals surface area contributed by atoms with Gasteiger partial charge in [-0.3, -0.25) is 9.59 Å². The fourth-order valence-electron chi connectivity index (χ4n) is 3.43. The number of alkyl carbamates (subject to hydrolysis) is 1. The summed E-state index contributed by atoms with van der Waals surface area (Å²) in [5.74, 6) is -0.418. The molecule has 156 valence electrons. The molecule has 2 fully saturated rings. The Hall–Kier alpha value is -2.90. The fraction of sp³-hybridized carbons (Fsp3) is 0.524. The first-order valence-electron chi connectivity index (χ1n) is 10.1. The van der Waals surface area contributed by atoms with E-state index in [-0.39, 0.29) is 24.9 Å². The molecule has 3 atom stereocenters. The molecule has 3 N–H and O–H groups in total. The summed E-state index contributed by atoms with van der Waals surface area (Å²) in [7, 11) is 0. The molecule has 8 nitrogen and oxygen atoms in total. The van der Waals surface area contributed by atoms with E-state index < -0.39 is 24.1 Å². The lowest BCUT2D eigenvalue weighted by molar-refractivity contribution is -0.127. The third-order valence-electron chi connectivity index (χ3n) is 5.28. The lowest BCUT2D eigenvalue weighted by atomic mass is 9.98. The largest absolute Gasteiger partial charge is 0.445 e. The monoisotopic (exact) mass is 401 g/mol. The molecule has 3 amide bonds. The topological polar surface area (TPSA) is 114 Å². The van der Waals surface area contributed by atoms with Gasteiger partial charge in [0.25, 0.3) is 0 Å². The summed E-state index contributed by atoms with van der Waals surface area (Å²) in [4.78, 5) is 48.0. The van der Waals surface area contributed by atoms with E-state index >= 15 is 0 Å². The van der Waals surface area contributed by atoms with E-state index in [9.17, 15) is 19.2 Å². The van der Waals surface area contributed by atoms with Gasteiger partial charge in [-0.25, -0.2) is 4.79 Å². The summed E-state index contributed by atoms with van der Waals surface area (Å²) < 4.78 is 5.21. The number of carbonyl (C=O) groups excluding carboxylic acids is 4. The van der Waals surface area contributed by atoms with Crippen molar-refractivity contribution in [2.24, 2.45) is 11.8 Å². The molecule has 0 radical (unpaired) electrons. The Morgan fingerprint density at radius 1 is 1.14 bits per heavy atom. The Morgan fingerprint density at radius 2 is 1.90 bits per heavy atom. The fourth-order valence-corrected chi connectivity index (χ4v) is 3.43. The van der Waals surface area contributed by atoms with Gasteiger partial charge in [0.2, 0.25) is 11.8 Å². The zero-order chi connectivity index (χ0) is 20.6. The molecule has 1 aromatic carbocycles. The second kappa shape index (κ2) is 10.0. The first kappa shape index (κ1) is 20.8. The molecule has 1 saturated heterocycles. The first-order valence-corrected chi connectivity index (χ1v) is 10.1. The molecule has 1 aliphatic heterocycles. The van der Waals surface area contributed by atoms with Crippen LogP contribution in [0.2, 0.25) is 0 Å². The second-order valence-corrected chi connectivity index (χ2v) is 7.70. The van der Waals surface area contributed by atoms with Crippen LogP contribution in [-0.2, 0) is 25.7 Å². The standard InChI is InChI=1S/C21H27N3O5/c25-12-17(11-16-8-9-22-19(16)26)23-20(27)18(10-14-6-7-14)24-21(28)29-13-15-4-2-1-3-5-15/h1-5,12,14,16-18H,6-11,13H2,(H,22,26)(H,23,27)(H,24,28)/t16-,17?,18-/m0/s1. The normalized spacial score (nSPS) is 20.3. The average molecular weight is 401 g/mol. The van der Waals surface area contributed by atoms with Crippen molar-refractivity contribution in [3.63, 3.8) is 0 Å². The molecule has 2 aliphatic rings. The lowest BCUT2D eigenvalue weighted by Crippen LogP contribution is -2.50. The van der Waals surface area contributed by atoms with Crippen LogP contribution in [0.15, 0.2) is 30.3 Å². The van der Waals surface area contributed by atoms with Crippen LogP contribution in [0.4, 0.5) is 4.79 Å². The number of carbonyl (C=O) groups is 4. The van der Waals surface area contributed by atoms with Crippen LogP contribution in [0, 0.1) is 11.8 Å². The van der Waals surface area contributed by atoms with Gasteiger partial charge in [-0.15, -0.1) is 0 Å². The third kappa shape index (κ3) is 6.58. The van der Waals surface area contributed by atoms with Crippen LogP contribution < -0.4 is 16.0 Å². The molecule has 1 aliphatic carbocycles. The molecule has 0 aromatic heterocycles. The quantitative estimate of drug-likeness (QED) is 0.511. The highest BCUT2D eigenvalue weighted by Gasteiger charge is 2.33. The van der Waals surface area contributed by atoms with E-state index in [1.807, 2.05) is 30.3 Å². The molecule has 8 heteroatoms. The van der Waals surface area contributed by atoms with Crippen LogP contribution in [0.3, 0.4) is 0 Å². The highest BCUT2D eigenvalue weighted by molar-refractivity contribution is 5.88. The summed E-state index contributed by atoms with van der Waals surface area (Å²) in [6, 6.07) is 7.73. The highest BCUT2D eigenvalue weighted by atomic mass is 16.5. The Morgan fingerprint density at radius 3 is 2.52 bits per heavy atom. The van der Waals surface area contributed by atoms with E-state index in [0.29, 0.717) is 31.6 Å². The van der Waals surface area contributed by atoms with Crippen molar-refractivity contribution in [2.45, 2.75) is 50.8 Å². The molecule has 29 heavy (non-hydrogen) atoms. The molecule has 1 heterocycles. The van der Waals surface area contributed by atoms with Gasteiger partial charge in [0.15, 0.2) is 0 Å². The van der Waals surface area contributed by atoms with Crippen LogP contribution in [-0.4, -0.2) is 42.8 Å². The smallest absolute Gasteiger partial charge is 0.408 e. The van der Waals surface area contributed by atoms with Crippen molar-refractivity contribution in [3.05, 3.63) is 35.9 Å². The number of ether oxygens (including phenoxy) is 1. The average Bonchev–Trinajstić information content (AvgIpc) is 3.46. The van der Waals surface area contributed by atoms with Crippen LogP contribution in [0.1, 0.15) is 37.7 Å². The van der Waals surface area contributed by atoms with E-state index in [4.69, 9.17) is 4.74 Å². The van der Waals surface area contributed by atoms with E-state index in [2.05, 4.69) is 16.0 Å². The SMILES string of the molecule is O=CC(C[C@@H]1CCNC1=O)NC(=O)[C@H](CC1CC1)NC(=O)OCc1ccccc1. The van der Waals surface area contributed by atoms with Gasteiger partial charge in [0.1, 0.15) is 18.9 Å². The molecule has 1 aromatic rings. The minimum Gasteiger partial charge on any atom is -0.445 e. The van der Waals surface area contributed by atoms with Crippen LogP contribution >= 0.6 is 0 Å². The zero-order valence-corrected chi connectivity index (χ0v) is 16.3. The van der Waals surface area contributed by atoms with E-state index in [1.54, 1.807) is 0 Å². The van der Waals surface area contributed by atoms with Crippen molar-refractivity contribution >= 4 is 24.2 Å². The number of benzene rings is 1. The van der Waals surface area contributed by atoms with Gasteiger partial charge in [-0.05, 0) is 30.7 Å². The number of hydrogen-bond acceptors (Lipinski definition) is 5. The Labute approximate surface area is 169 Å². The van der Waals surface area contributed by atoms with Gasteiger partial charge in [0.05, 0.1) is 6.04 Å². The number of amides is 3. The molecule has 1 unspecified atom stereocenters. The van der Waals surface area contributed by atoms with Gasteiger partial charge in [-0.1, -0.05) is 43.2 Å². The maximum absolute atomic E-state index is 12.7. The Bertz CT molecular complexity index is 735. The summed E-state index contributed by atoms with van der Waals surface area (Å²) in [5.41, 5.74) is 0.849. The minimum absolute atomic E-state index is 0.0942. The maximum atomic E-state index is 12.7. The van der Waals surface area contributed by atoms with Gasteiger partial charge in [0, 0.05) is 12.5 Å². The van der Waals surface area contributed by atoms with Gasteiger partial charge >= 0.3 is 6.09 Å². The molecule has 0 bridgehead atoms. The van der Waals surface area contributed by atoms with Crippen molar-refractivity contribution in [3.8, 4) is 0 Å². The zero-order valence-electron chi connectivity index (χ0n) is 16.3. The van der Waals surface area contributed by atoms with E-state index in [0.717, 1.165) is 18.4 Å². The molecule has 1 saturated carbocycles.